The Morgan fingerprint density at radius 3 is 2.62 bits per heavy atom. The molecule has 1 spiro atoms. The molecule has 29 heavy (non-hydrogen) atoms. The molecule has 146 valence electrons. The largest absolute Gasteiger partial charge is 0.320 e. The van der Waals surface area contributed by atoms with Crippen LogP contribution >= 0.6 is 11.6 Å². The maximum atomic E-state index is 13.8. The molecule has 3 saturated heterocycles. The minimum Gasteiger partial charge on any atom is -0.320 e. The quantitative estimate of drug-likeness (QED) is 0.700. The molecule has 7 heteroatoms. The molecule has 2 N–H and O–H groups in total. The first-order valence-electron chi connectivity index (χ1n) is 9.96. The SMILES string of the molecule is O=C1[C@H]2[C@@H](C(=O)N1c1ccccc1Cl)[C@]1(C(=O)Nc3ccccc31)[NH+]1CCC[C@@H]21. The first-order chi connectivity index (χ1) is 14.1. The number of imide groups is 1. The standard InChI is InChI=1S/C22H18ClN3O3/c23-13-7-2-4-9-15(13)26-19(27)17-16-10-5-11-25(16)22(18(17)20(26)28)12-6-1-3-8-14(12)24-21(22)29/h1-4,6-9,16-18H,5,10-11H2,(H,24,29)/p+1/t16-,17+,18-,22+/m0/s1. The molecule has 4 heterocycles. The van der Waals surface area contributed by atoms with E-state index in [4.69, 9.17) is 11.6 Å². The van der Waals surface area contributed by atoms with Crippen molar-refractivity contribution in [2.45, 2.75) is 24.4 Å². The molecule has 1 unspecified atom stereocenters. The number of hydrogen-bond acceptors (Lipinski definition) is 3. The van der Waals surface area contributed by atoms with Crippen LogP contribution in [0.4, 0.5) is 11.4 Å². The normalized spacial score (nSPS) is 34.5. The van der Waals surface area contributed by atoms with Crippen LogP contribution in [0.5, 0.6) is 0 Å². The summed E-state index contributed by atoms with van der Waals surface area (Å²) >= 11 is 6.33. The zero-order chi connectivity index (χ0) is 19.9. The predicted molar refractivity (Wildman–Crippen MR) is 107 cm³/mol. The van der Waals surface area contributed by atoms with Gasteiger partial charge >= 0.3 is 0 Å². The van der Waals surface area contributed by atoms with Gasteiger partial charge in [0.1, 0.15) is 17.9 Å². The fourth-order valence-corrected chi connectivity index (χ4v) is 6.51. The zero-order valence-electron chi connectivity index (χ0n) is 15.5. The molecule has 6 nitrogen and oxygen atoms in total. The van der Waals surface area contributed by atoms with Crippen LogP contribution in [-0.4, -0.2) is 30.3 Å². The molecule has 6 rings (SSSR count). The summed E-state index contributed by atoms with van der Waals surface area (Å²) in [5.41, 5.74) is 0.930. The van der Waals surface area contributed by atoms with Crippen LogP contribution in [0.1, 0.15) is 18.4 Å². The van der Waals surface area contributed by atoms with Crippen LogP contribution in [0.2, 0.25) is 5.02 Å². The van der Waals surface area contributed by atoms with Crippen LogP contribution in [-0.2, 0) is 19.9 Å². The van der Waals surface area contributed by atoms with Crippen molar-refractivity contribution in [1.29, 1.82) is 0 Å². The fourth-order valence-electron chi connectivity index (χ4n) is 6.29. The highest BCUT2D eigenvalue weighted by Gasteiger charge is 2.78. The van der Waals surface area contributed by atoms with Crippen LogP contribution in [0, 0.1) is 11.8 Å². The van der Waals surface area contributed by atoms with Gasteiger partial charge in [0, 0.05) is 18.4 Å². The molecule has 5 atom stereocenters. The van der Waals surface area contributed by atoms with Gasteiger partial charge in [-0.2, -0.15) is 0 Å². The first kappa shape index (κ1) is 17.2. The first-order valence-corrected chi connectivity index (χ1v) is 10.3. The maximum absolute atomic E-state index is 13.8. The third-order valence-electron chi connectivity index (χ3n) is 7.22. The van der Waals surface area contributed by atoms with E-state index in [-0.39, 0.29) is 23.8 Å². The van der Waals surface area contributed by atoms with E-state index in [9.17, 15) is 14.4 Å². The molecule has 0 aliphatic carbocycles. The third-order valence-corrected chi connectivity index (χ3v) is 7.54. The summed E-state index contributed by atoms with van der Waals surface area (Å²) in [5.74, 6) is -1.94. The lowest BCUT2D eigenvalue weighted by Gasteiger charge is -2.33. The monoisotopic (exact) mass is 408 g/mol. The fraction of sp³-hybridized carbons (Fsp3) is 0.318. The van der Waals surface area contributed by atoms with Crippen molar-refractivity contribution in [2.75, 3.05) is 16.8 Å². The summed E-state index contributed by atoms with van der Waals surface area (Å²) in [6.07, 6.45) is 1.77. The highest BCUT2D eigenvalue weighted by atomic mass is 35.5. The number of amides is 3. The molecule has 3 fully saturated rings. The van der Waals surface area contributed by atoms with E-state index in [1.54, 1.807) is 24.3 Å². The molecule has 2 aromatic rings. The number of carbonyl (C=O) groups is 3. The number of carbonyl (C=O) groups excluding carboxylic acids is 3. The average molecular weight is 409 g/mol. The number of nitrogens with one attached hydrogen (secondary N) is 2. The van der Waals surface area contributed by atoms with Gasteiger partial charge in [-0.3, -0.25) is 14.4 Å². The van der Waals surface area contributed by atoms with Gasteiger partial charge in [0.05, 0.1) is 22.9 Å². The Labute approximate surface area is 172 Å². The van der Waals surface area contributed by atoms with E-state index in [0.717, 1.165) is 35.5 Å². The number of benzene rings is 2. The molecule has 4 aliphatic heterocycles. The maximum Gasteiger partial charge on any atom is 0.291 e. The van der Waals surface area contributed by atoms with Crippen molar-refractivity contribution in [1.82, 2.24) is 0 Å². The van der Waals surface area contributed by atoms with Gasteiger partial charge in [0.2, 0.25) is 17.4 Å². The van der Waals surface area contributed by atoms with E-state index in [0.29, 0.717) is 10.7 Å². The number of quaternary nitrogens is 1. The van der Waals surface area contributed by atoms with Crippen molar-refractivity contribution in [3.63, 3.8) is 0 Å². The van der Waals surface area contributed by atoms with E-state index in [2.05, 4.69) is 5.32 Å². The second-order valence-corrected chi connectivity index (χ2v) is 8.71. The minimum atomic E-state index is -1.05. The summed E-state index contributed by atoms with van der Waals surface area (Å²) in [4.78, 5) is 43.1. The Hall–Kier alpha value is -2.70. The van der Waals surface area contributed by atoms with Gasteiger partial charge in [-0.25, -0.2) is 4.90 Å². The van der Waals surface area contributed by atoms with Crippen LogP contribution < -0.4 is 15.1 Å². The van der Waals surface area contributed by atoms with Crippen molar-refractivity contribution >= 4 is 40.7 Å². The summed E-state index contributed by atoms with van der Waals surface area (Å²) < 4.78 is 0. The smallest absolute Gasteiger partial charge is 0.291 e. The number of rotatable bonds is 1. The van der Waals surface area contributed by atoms with Crippen molar-refractivity contribution < 1.29 is 19.3 Å². The molecule has 0 aromatic heterocycles. The van der Waals surface area contributed by atoms with Crippen molar-refractivity contribution in [3.05, 3.63) is 59.1 Å². The molecule has 0 saturated carbocycles. The molecule has 0 radical (unpaired) electrons. The topological polar surface area (TPSA) is 70.9 Å². The molecule has 4 aliphatic rings. The van der Waals surface area contributed by atoms with Gasteiger partial charge in [-0.05, 0) is 18.2 Å². The molecule has 3 amide bonds. The lowest BCUT2D eigenvalue weighted by Crippen LogP contribution is -3.19. The number of halogens is 1. The van der Waals surface area contributed by atoms with Gasteiger partial charge in [-0.15, -0.1) is 0 Å². The Kier molecular flexibility index (Phi) is 3.36. The van der Waals surface area contributed by atoms with Gasteiger partial charge in [0.15, 0.2) is 0 Å². The number of nitrogens with zero attached hydrogens (tertiary/aromatic N) is 1. The van der Waals surface area contributed by atoms with E-state index >= 15 is 0 Å². The number of fused-ring (bicyclic) bond motifs is 7. The predicted octanol–water partition coefficient (Wildman–Crippen LogP) is 1.35. The van der Waals surface area contributed by atoms with Gasteiger partial charge in [-0.1, -0.05) is 41.9 Å². The molecule has 2 aromatic carbocycles. The summed E-state index contributed by atoms with van der Waals surface area (Å²) in [7, 11) is 0. The molecular weight excluding hydrogens is 390 g/mol. The zero-order valence-corrected chi connectivity index (χ0v) is 16.3. The lowest BCUT2D eigenvalue weighted by molar-refractivity contribution is -0.948. The Balaban J connectivity index is 1.58. The van der Waals surface area contributed by atoms with Crippen LogP contribution in [0.25, 0.3) is 0 Å². The van der Waals surface area contributed by atoms with Crippen molar-refractivity contribution in [3.8, 4) is 0 Å². The number of hydrogen-bond donors (Lipinski definition) is 2. The summed E-state index contributed by atoms with van der Waals surface area (Å²) in [6, 6.07) is 14.4. The lowest BCUT2D eigenvalue weighted by atomic mass is 9.75. The van der Waals surface area contributed by atoms with Gasteiger partial charge < -0.3 is 10.2 Å². The van der Waals surface area contributed by atoms with Crippen LogP contribution in [0.15, 0.2) is 48.5 Å². The van der Waals surface area contributed by atoms with E-state index < -0.39 is 17.4 Å². The second kappa shape index (κ2) is 5.68. The van der Waals surface area contributed by atoms with Crippen molar-refractivity contribution in [2.24, 2.45) is 11.8 Å². The Morgan fingerprint density at radius 1 is 1.03 bits per heavy atom. The highest BCUT2D eigenvalue weighted by molar-refractivity contribution is 6.36. The van der Waals surface area contributed by atoms with E-state index in [1.807, 2.05) is 24.3 Å². The molecular formula is C22H19ClN3O3+. The summed E-state index contributed by atoms with van der Waals surface area (Å²) in [5, 5.41) is 3.35. The minimum absolute atomic E-state index is 0.0409. The Morgan fingerprint density at radius 2 is 1.79 bits per heavy atom. The molecule has 0 bridgehead atoms. The Bertz CT molecular complexity index is 1100. The summed E-state index contributed by atoms with van der Waals surface area (Å²) in [6.45, 7) is 0.784. The van der Waals surface area contributed by atoms with E-state index in [1.165, 1.54) is 4.90 Å². The average Bonchev–Trinajstić information content (AvgIpc) is 3.41. The van der Waals surface area contributed by atoms with Gasteiger partial charge in [0.25, 0.3) is 5.91 Å². The third kappa shape index (κ3) is 1.89. The highest BCUT2D eigenvalue weighted by Crippen LogP contribution is 2.52. The number of anilines is 2. The second-order valence-electron chi connectivity index (χ2n) is 8.30. The van der Waals surface area contributed by atoms with Crippen LogP contribution in [0.3, 0.4) is 0 Å². The number of para-hydroxylation sites is 2.